The quantitative estimate of drug-likeness (QED) is 0.728. The summed E-state index contributed by atoms with van der Waals surface area (Å²) < 4.78 is 10.8. The molecule has 0 unspecified atom stereocenters. The molecule has 1 aliphatic heterocycles. The lowest BCUT2D eigenvalue weighted by Gasteiger charge is -2.27. The average Bonchev–Trinajstić information content (AvgIpc) is 3.14. The highest BCUT2D eigenvalue weighted by Gasteiger charge is 2.25. The van der Waals surface area contributed by atoms with Gasteiger partial charge in [-0.15, -0.1) is 0 Å². The molecule has 2 aromatic carbocycles. The Morgan fingerprint density at radius 3 is 2.82 bits per heavy atom. The second kappa shape index (κ2) is 7.36. The Hall–Kier alpha value is -3.32. The SMILES string of the molecule is CN1C(=O)COc2c(NC(=O)Cc3cc(-c4ccc(Cl)cc4)on3)cccc21. The average molecular weight is 398 g/mol. The third-order valence-electron chi connectivity index (χ3n) is 4.37. The number of anilines is 2. The third kappa shape index (κ3) is 3.57. The maximum atomic E-state index is 12.5. The van der Waals surface area contributed by atoms with E-state index in [9.17, 15) is 9.59 Å². The molecule has 28 heavy (non-hydrogen) atoms. The summed E-state index contributed by atoms with van der Waals surface area (Å²) in [4.78, 5) is 25.7. The van der Waals surface area contributed by atoms with Crippen molar-refractivity contribution in [1.82, 2.24) is 5.16 Å². The molecule has 0 saturated carbocycles. The van der Waals surface area contributed by atoms with E-state index in [2.05, 4.69) is 10.5 Å². The van der Waals surface area contributed by atoms with Gasteiger partial charge in [-0.1, -0.05) is 22.8 Å². The van der Waals surface area contributed by atoms with Crippen molar-refractivity contribution in [3.63, 3.8) is 0 Å². The Labute approximate surface area is 165 Å². The van der Waals surface area contributed by atoms with E-state index in [1.54, 1.807) is 43.4 Å². The van der Waals surface area contributed by atoms with Gasteiger partial charge in [0.05, 0.1) is 23.5 Å². The Kier molecular flexibility index (Phi) is 4.75. The van der Waals surface area contributed by atoms with Crippen LogP contribution in [0.2, 0.25) is 5.02 Å². The number of rotatable bonds is 4. The molecule has 7 nitrogen and oxygen atoms in total. The fourth-order valence-electron chi connectivity index (χ4n) is 2.91. The largest absolute Gasteiger partial charge is 0.479 e. The molecule has 2 heterocycles. The minimum atomic E-state index is -0.271. The minimum Gasteiger partial charge on any atom is -0.479 e. The van der Waals surface area contributed by atoms with Crippen LogP contribution in [-0.2, 0) is 16.0 Å². The van der Waals surface area contributed by atoms with Crippen LogP contribution >= 0.6 is 11.6 Å². The number of aromatic nitrogens is 1. The molecular formula is C20H16ClN3O4. The first kappa shape index (κ1) is 18.1. The Balaban J connectivity index is 1.47. The molecule has 1 N–H and O–H groups in total. The zero-order chi connectivity index (χ0) is 19.7. The highest BCUT2D eigenvalue weighted by molar-refractivity contribution is 6.30. The van der Waals surface area contributed by atoms with Crippen LogP contribution in [0.25, 0.3) is 11.3 Å². The van der Waals surface area contributed by atoms with Gasteiger partial charge in [-0.3, -0.25) is 9.59 Å². The van der Waals surface area contributed by atoms with E-state index in [4.69, 9.17) is 20.9 Å². The number of ether oxygens (including phenoxy) is 1. The molecule has 0 fully saturated rings. The van der Waals surface area contributed by atoms with E-state index in [0.29, 0.717) is 33.6 Å². The first-order chi connectivity index (χ1) is 13.5. The van der Waals surface area contributed by atoms with Crippen molar-refractivity contribution in [1.29, 1.82) is 0 Å². The zero-order valence-corrected chi connectivity index (χ0v) is 15.7. The number of fused-ring (bicyclic) bond motifs is 1. The van der Waals surface area contributed by atoms with Gasteiger partial charge >= 0.3 is 0 Å². The normalized spacial score (nSPS) is 13.1. The molecule has 0 atom stereocenters. The Bertz CT molecular complexity index is 1050. The van der Waals surface area contributed by atoms with Crippen molar-refractivity contribution in [2.24, 2.45) is 0 Å². The number of benzene rings is 2. The lowest BCUT2D eigenvalue weighted by Crippen LogP contribution is -2.35. The van der Waals surface area contributed by atoms with E-state index in [1.807, 2.05) is 12.1 Å². The first-order valence-electron chi connectivity index (χ1n) is 8.55. The van der Waals surface area contributed by atoms with Crippen molar-refractivity contribution in [3.05, 3.63) is 59.2 Å². The highest BCUT2D eigenvalue weighted by Crippen LogP contribution is 2.38. The predicted octanol–water partition coefficient (Wildman–Crippen LogP) is 3.53. The minimum absolute atomic E-state index is 0.0372. The molecule has 0 aliphatic carbocycles. The van der Waals surface area contributed by atoms with Gasteiger partial charge < -0.3 is 19.5 Å². The summed E-state index contributed by atoms with van der Waals surface area (Å²) in [6, 6.07) is 14.1. The molecule has 0 saturated heterocycles. The summed E-state index contributed by atoms with van der Waals surface area (Å²) in [5.74, 6) is 0.612. The van der Waals surface area contributed by atoms with E-state index in [0.717, 1.165) is 5.56 Å². The summed E-state index contributed by atoms with van der Waals surface area (Å²) >= 11 is 5.89. The van der Waals surface area contributed by atoms with Crippen LogP contribution < -0.4 is 15.0 Å². The fourth-order valence-corrected chi connectivity index (χ4v) is 3.03. The summed E-state index contributed by atoms with van der Waals surface area (Å²) in [7, 11) is 1.67. The first-order valence-corrected chi connectivity index (χ1v) is 8.93. The molecule has 8 heteroatoms. The van der Waals surface area contributed by atoms with Gasteiger partial charge in [0.2, 0.25) is 5.91 Å². The summed E-state index contributed by atoms with van der Waals surface area (Å²) in [6.07, 6.45) is 0.0372. The van der Waals surface area contributed by atoms with Crippen LogP contribution in [0.15, 0.2) is 53.1 Å². The summed E-state index contributed by atoms with van der Waals surface area (Å²) in [5.41, 5.74) is 2.44. The molecule has 0 radical (unpaired) electrons. The number of nitrogens with zero attached hydrogens (tertiary/aromatic N) is 2. The van der Waals surface area contributed by atoms with Crippen molar-refractivity contribution >= 4 is 34.8 Å². The number of carbonyl (C=O) groups excluding carboxylic acids is 2. The number of para-hydroxylation sites is 1. The number of carbonyl (C=O) groups is 2. The topological polar surface area (TPSA) is 84.7 Å². The number of amides is 2. The second-order valence-corrected chi connectivity index (χ2v) is 6.75. The van der Waals surface area contributed by atoms with Crippen molar-refractivity contribution in [2.75, 3.05) is 23.9 Å². The number of nitrogens with one attached hydrogen (secondary N) is 1. The molecule has 2 amide bonds. The molecule has 3 aromatic rings. The lowest BCUT2D eigenvalue weighted by molar-refractivity contribution is -0.121. The highest BCUT2D eigenvalue weighted by atomic mass is 35.5. The lowest BCUT2D eigenvalue weighted by atomic mass is 10.1. The van der Waals surface area contributed by atoms with Gasteiger partial charge in [-0.25, -0.2) is 0 Å². The van der Waals surface area contributed by atoms with Gasteiger partial charge in [0.15, 0.2) is 18.1 Å². The van der Waals surface area contributed by atoms with Crippen molar-refractivity contribution in [2.45, 2.75) is 6.42 Å². The number of halogens is 1. The number of hydrogen-bond donors (Lipinski definition) is 1. The molecule has 0 bridgehead atoms. The monoisotopic (exact) mass is 397 g/mol. The van der Waals surface area contributed by atoms with Crippen molar-refractivity contribution in [3.8, 4) is 17.1 Å². The van der Waals surface area contributed by atoms with Gasteiger partial charge in [0.25, 0.3) is 5.91 Å². The standard InChI is InChI=1S/C20H16ClN3O4/c1-24-16-4-2-3-15(20(16)27-11-19(24)26)22-18(25)10-14-9-17(28-23-14)12-5-7-13(21)8-6-12/h2-9H,10-11H2,1H3,(H,22,25). The van der Waals surface area contributed by atoms with Gasteiger partial charge in [-0.2, -0.15) is 0 Å². The van der Waals surface area contributed by atoms with Crippen LogP contribution in [0.3, 0.4) is 0 Å². The van der Waals surface area contributed by atoms with E-state index in [-0.39, 0.29) is 24.8 Å². The second-order valence-electron chi connectivity index (χ2n) is 6.31. The Morgan fingerprint density at radius 2 is 2.04 bits per heavy atom. The maximum absolute atomic E-state index is 12.5. The smallest absolute Gasteiger partial charge is 0.264 e. The molecule has 142 valence electrons. The Morgan fingerprint density at radius 1 is 1.25 bits per heavy atom. The van der Waals surface area contributed by atoms with Crippen LogP contribution in [-0.4, -0.2) is 30.6 Å². The van der Waals surface area contributed by atoms with E-state index in [1.165, 1.54) is 4.90 Å². The van der Waals surface area contributed by atoms with Gasteiger partial charge in [0, 0.05) is 23.7 Å². The molecule has 0 spiro atoms. The van der Waals surface area contributed by atoms with Crippen molar-refractivity contribution < 1.29 is 18.8 Å². The molecule has 1 aromatic heterocycles. The maximum Gasteiger partial charge on any atom is 0.264 e. The van der Waals surface area contributed by atoms with Gasteiger partial charge in [-0.05, 0) is 36.4 Å². The number of likely N-dealkylation sites (N-methyl/N-ethyl adjacent to an activating group) is 1. The molecule has 1 aliphatic rings. The molecular weight excluding hydrogens is 382 g/mol. The zero-order valence-electron chi connectivity index (χ0n) is 14.9. The predicted molar refractivity (Wildman–Crippen MR) is 105 cm³/mol. The summed E-state index contributed by atoms with van der Waals surface area (Å²) in [5, 5.41) is 7.39. The summed E-state index contributed by atoms with van der Waals surface area (Å²) in [6.45, 7) is -0.0654. The van der Waals surface area contributed by atoms with Crippen LogP contribution in [0.5, 0.6) is 5.75 Å². The third-order valence-corrected chi connectivity index (χ3v) is 4.63. The molecule has 4 rings (SSSR count). The fraction of sp³-hybridized carbons (Fsp3) is 0.150. The van der Waals surface area contributed by atoms with Crippen LogP contribution in [0, 0.1) is 0 Å². The van der Waals surface area contributed by atoms with E-state index < -0.39 is 0 Å². The van der Waals surface area contributed by atoms with Crippen LogP contribution in [0.1, 0.15) is 5.69 Å². The van der Waals surface area contributed by atoms with Gasteiger partial charge in [0.1, 0.15) is 0 Å². The van der Waals surface area contributed by atoms with E-state index >= 15 is 0 Å². The number of hydrogen-bond acceptors (Lipinski definition) is 5. The van der Waals surface area contributed by atoms with Crippen LogP contribution in [0.4, 0.5) is 11.4 Å².